The second-order valence-electron chi connectivity index (χ2n) is 16.5. The van der Waals surface area contributed by atoms with Crippen LogP contribution in [-0.4, -0.2) is 9.55 Å². The maximum Gasteiger partial charge on any atom is 0.149 e. The third-order valence-electron chi connectivity index (χ3n) is 12.3. The second kappa shape index (κ2) is 10.9. The standard InChI is InChI=1S/C48H46N2O/c1-27(2)36-25-29(5)26-37(28(3)4)43(36)50-44-39(49-46(50)35-19-14-18-33-32-17-12-13-20-40(32)51-45(33)35)24-23-38-41(44)34-22-21-30-15-10-11-16-31(30)42(34)48(8,9)47(38,6)7/h10-28H,1-9H3. The fourth-order valence-electron chi connectivity index (χ4n) is 9.06. The quantitative estimate of drug-likeness (QED) is 0.187. The zero-order chi connectivity index (χ0) is 35.6. The van der Waals surface area contributed by atoms with Crippen LogP contribution in [0.25, 0.3) is 71.9 Å². The van der Waals surface area contributed by atoms with Crippen LogP contribution in [0.15, 0.2) is 108 Å². The van der Waals surface area contributed by atoms with Gasteiger partial charge in [0.1, 0.15) is 17.0 Å². The fourth-order valence-corrected chi connectivity index (χ4v) is 9.06. The molecule has 2 heterocycles. The van der Waals surface area contributed by atoms with E-state index in [0.29, 0.717) is 11.8 Å². The summed E-state index contributed by atoms with van der Waals surface area (Å²) in [5.41, 5.74) is 15.2. The number of aromatic nitrogens is 2. The zero-order valence-electron chi connectivity index (χ0n) is 31.3. The Balaban J connectivity index is 1.52. The van der Waals surface area contributed by atoms with E-state index in [4.69, 9.17) is 9.40 Å². The summed E-state index contributed by atoms with van der Waals surface area (Å²) in [6, 6.07) is 37.9. The van der Waals surface area contributed by atoms with Crippen LogP contribution in [-0.2, 0) is 10.8 Å². The highest BCUT2D eigenvalue weighted by Crippen LogP contribution is 2.58. The number of fused-ring (bicyclic) bond motifs is 10. The van der Waals surface area contributed by atoms with Gasteiger partial charge >= 0.3 is 0 Å². The Bertz CT molecular complexity index is 2680. The molecule has 0 unspecified atom stereocenters. The monoisotopic (exact) mass is 666 g/mol. The zero-order valence-corrected chi connectivity index (χ0v) is 31.3. The molecule has 3 nitrogen and oxygen atoms in total. The van der Waals surface area contributed by atoms with Crippen LogP contribution in [0.1, 0.15) is 95.0 Å². The van der Waals surface area contributed by atoms with E-state index in [1.165, 1.54) is 60.9 Å². The van der Waals surface area contributed by atoms with Crippen LogP contribution in [0, 0.1) is 6.92 Å². The van der Waals surface area contributed by atoms with E-state index in [1.54, 1.807) is 0 Å². The largest absolute Gasteiger partial charge is 0.455 e. The number of rotatable bonds is 4. The molecule has 8 aromatic rings. The normalized spacial score (nSPS) is 15.0. The maximum atomic E-state index is 6.72. The van der Waals surface area contributed by atoms with Crippen molar-refractivity contribution in [2.45, 2.75) is 85.0 Å². The molecule has 0 atom stereocenters. The van der Waals surface area contributed by atoms with Crippen molar-refractivity contribution < 1.29 is 4.42 Å². The smallest absolute Gasteiger partial charge is 0.149 e. The van der Waals surface area contributed by atoms with Crippen molar-refractivity contribution >= 4 is 43.7 Å². The van der Waals surface area contributed by atoms with Crippen LogP contribution in [0.3, 0.4) is 0 Å². The molecule has 9 rings (SSSR count). The summed E-state index contributed by atoms with van der Waals surface area (Å²) in [7, 11) is 0. The molecule has 0 bridgehead atoms. The molecule has 3 heteroatoms. The van der Waals surface area contributed by atoms with Crippen molar-refractivity contribution in [1.82, 2.24) is 9.55 Å². The predicted molar refractivity (Wildman–Crippen MR) is 216 cm³/mol. The minimum absolute atomic E-state index is 0.131. The molecule has 0 spiro atoms. The summed E-state index contributed by atoms with van der Waals surface area (Å²) in [4.78, 5) is 5.63. The number of furan rings is 1. The van der Waals surface area contributed by atoms with Gasteiger partial charge in [-0.1, -0.05) is 146 Å². The topological polar surface area (TPSA) is 31.0 Å². The van der Waals surface area contributed by atoms with Crippen molar-refractivity contribution in [3.05, 3.63) is 131 Å². The number of imidazole rings is 1. The summed E-state index contributed by atoms with van der Waals surface area (Å²) in [5, 5.41) is 4.85. The van der Waals surface area contributed by atoms with E-state index in [9.17, 15) is 0 Å². The number of aryl methyl sites for hydroxylation is 1. The van der Waals surface area contributed by atoms with Crippen LogP contribution in [0.5, 0.6) is 0 Å². The molecule has 0 fully saturated rings. The van der Waals surface area contributed by atoms with Crippen LogP contribution in [0.4, 0.5) is 0 Å². The minimum atomic E-state index is -0.170. The summed E-state index contributed by atoms with van der Waals surface area (Å²) < 4.78 is 9.26. The van der Waals surface area contributed by atoms with E-state index in [2.05, 4.69) is 164 Å². The van der Waals surface area contributed by atoms with Gasteiger partial charge in [0.2, 0.25) is 0 Å². The number of nitrogens with zero attached hydrogens (tertiary/aromatic N) is 2. The van der Waals surface area contributed by atoms with Gasteiger partial charge < -0.3 is 4.42 Å². The van der Waals surface area contributed by atoms with E-state index >= 15 is 0 Å². The van der Waals surface area contributed by atoms with Crippen molar-refractivity contribution in [1.29, 1.82) is 0 Å². The molecular weight excluding hydrogens is 621 g/mol. The molecule has 1 aliphatic rings. The summed E-state index contributed by atoms with van der Waals surface area (Å²) in [5.74, 6) is 1.52. The molecule has 51 heavy (non-hydrogen) atoms. The Hall–Kier alpha value is -5.15. The molecule has 254 valence electrons. The molecule has 0 aliphatic heterocycles. The number of benzene rings is 6. The van der Waals surface area contributed by atoms with Crippen LogP contribution in [0.2, 0.25) is 0 Å². The van der Waals surface area contributed by atoms with Gasteiger partial charge in [0.15, 0.2) is 0 Å². The van der Waals surface area contributed by atoms with Crippen molar-refractivity contribution in [2.24, 2.45) is 0 Å². The number of para-hydroxylation sites is 2. The van der Waals surface area contributed by atoms with Gasteiger partial charge in [-0.3, -0.25) is 4.57 Å². The van der Waals surface area contributed by atoms with Gasteiger partial charge in [0, 0.05) is 21.8 Å². The van der Waals surface area contributed by atoms with Gasteiger partial charge in [-0.25, -0.2) is 4.98 Å². The summed E-state index contributed by atoms with van der Waals surface area (Å²) in [6.07, 6.45) is 0. The fraction of sp³-hybridized carbons (Fsp3) is 0.271. The third-order valence-corrected chi connectivity index (χ3v) is 12.3. The second-order valence-corrected chi connectivity index (χ2v) is 16.5. The van der Waals surface area contributed by atoms with E-state index in [-0.39, 0.29) is 10.8 Å². The van der Waals surface area contributed by atoms with Crippen LogP contribution >= 0.6 is 0 Å². The van der Waals surface area contributed by atoms with Crippen LogP contribution < -0.4 is 0 Å². The Morgan fingerprint density at radius 1 is 0.647 bits per heavy atom. The lowest BCUT2D eigenvalue weighted by atomic mass is 9.54. The maximum absolute atomic E-state index is 6.72. The highest BCUT2D eigenvalue weighted by atomic mass is 16.3. The van der Waals surface area contributed by atoms with Crippen molar-refractivity contribution in [2.75, 3.05) is 0 Å². The van der Waals surface area contributed by atoms with Gasteiger partial charge in [0.05, 0.1) is 22.3 Å². The lowest BCUT2D eigenvalue weighted by Gasteiger charge is -2.49. The van der Waals surface area contributed by atoms with E-state index in [1.807, 2.05) is 6.07 Å². The number of hydrogen-bond donors (Lipinski definition) is 0. The Morgan fingerprint density at radius 3 is 2.04 bits per heavy atom. The SMILES string of the molecule is Cc1cc(C(C)C)c(-n2c(-c3cccc4c3oc3ccccc34)nc3ccc4c(c32)-c2ccc3ccccc3c2C(C)(C)C4(C)C)c(C(C)C)c1. The summed E-state index contributed by atoms with van der Waals surface area (Å²) >= 11 is 0. The molecule has 6 aromatic carbocycles. The highest BCUT2D eigenvalue weighted by Gasteiger charge is 2.48. The number of hydrogen-bond acceptors (Lipinski definition) is 2. The summed E-state index contributed by atoms with van der Waals surface area (Å²) in [6.45, 7) is 21.3. The Morgan fingerprint density at radius 2 is 1.31 bits per heavy atom. The van der Waals surface area contributed by atoms with Gasteiger partial charge in [-0.15, -0.1) is 0 Å². The van der Waals surface area contributed by atoms with Crippen molar-refractivity contribution in [3.8, 4) is 28.2 Å². The van der Waals surface area contributed by atoms with Gasteiger partial charge in [-0.05, 0) is 81.0 Å². The Kier molecular flexibility index (Phi) is 6.81. The molecule has 1 aliphatic carbocycles. The Labute approximate surface area is 301 Å². The van der Waals surface area contributed by atoms with E-state index < -0.39 is 0 Å². The lowest BCUT2D eigenvalue weighted by molar-refractivity contribution is 0.301. The first-order valence-electron chi connectivity index (χ1n) is 18.5. The minimum Gasteiger partial charge on any atom is -0.455 e. The average molecular weight is 667 g/mol. The molecule has 2 aromatic heterocycles. The van der Waals surface area contributed by atoms with Gasteiger partial charge in [-0.2, -0.15) is 0 Å². The highest BCUT2D eigenvalue weighted by molar-refractivity contribution is 6.10. The first kappa shape index (κ1) is 31.8. The van der Waals surface area contributed by atoms with E-state index in [0.717, 1.165) is 38.8 Å². The third kappa shape index (κ3) is 4.33. The van der Waals surface area contributed by atoms with Gasteiger partial charge in [0.25, 0.3) is 0 Å². The first-order valence-corrected chi connectivity index (χ1v) is 18.5. The molecule has 0 radical (unpaired) electrons. The molecular formula is C48H46N2O. The molecule has 0 saturated heterocycles. The molecule has 0 N–H and O–H groups in total. The predicted octanol–water partition coefficient (Wildman–Crippen LogP) is 13.5. The first-order chi connectivity index (χ1) is 24.4. The lowest BCUT2D eigenvalue weighted by Crippen LogP contribution is -2.43. The van der Waals surface area contributed by atoms with Crippen molar-refractivity contribution in [3.63, 3.8) is 0 Å². The molecule has 0 amide bonds. The average Bonchev–Trinajstić information content (AvgIpc) is 3.68. The molecule has 0 saturated carbocycles.